The van der Waals surface area contributed by atoms with Gasteiger partial charge < -0.3 is 0 Å². The number of nitrogens with two attached hydrogens (primary N) is 1. The number of thiophene rings is 1. The van der Waals surface area contributed by atoms with Crippen LogP contribution in [0.3, 0.4) is 0 Å². The lowest BCUT2D eigenvalue weighted by Crippen LogP contribution is -2.29. The van der Waals surface area contributed by atoms with Gasteiger partial charge in [-0.2, -0.15) is 0 Å². The van der Waals surface area contributed by atoms with Gasteiger partial charge in [-0.05, 0) is 30.2 Å². The van der Waals surface area contributed by atoms with Crippen LogP contribution in [0.15, 0.2) is 5.38 Å². The first-order valence-electron chi connectivity index (χ1n) is 6.83. The van der Waals surface area contributed by atoms with Gasteiger partial charge in [-0.3, -0.25) is 11.3 Å². The molecule has 18 heavy (non-hydrogen) atoms. The van der Waals surface area contributed by atoms with Gasteiger partial charge in [0.15, 0.2) is 0 Å². The third-order valence-electron chi connectivity index (χ3n) is 3.56. The lowest BCUT2D eigenvalue weighted by Gasteiger charge is -2.21. The molecule has 2 atom stereocenters. The van der Waals surface area contributed by atoms with Crippen molar-refractivity contribution in [3.8, 4) is 0 Å². The van der Waals surface area contributed by atoms with Crippen molar-refractivity contribution in [2.45, 2.75) is 58.9 Å². The minimum absolute atomic E-state index is 0.193. The Kier molecular flexibility index (Phi) is 7.23. The molecule has 0 aliphatic heterocycles. The number of nitrogens with one attached hydrogen (secondary N) is 1. The van der Waals surface area contributed by atoms with Crippen LogP contribution in [0, 0.1) is 12.8 Å². The summed E-state index contributed by atoms with van der Waals surface area (Å²) in [4.78, 5) is 1.19. The second-order valence-electron chi connectivity index (χ2n) is 4.97. The molecule has 2 unspecified atom stereocenters. The molecule has 0 amide bonds. The zero-order valence-electron chi connectivity index (χ0n) is 11.6. The van der Waals surface area contributed by atoms with Gasteiger partial charge in [0, 0.05) is 4.88 Å². The molecule has 0 aliphatic rings. The molecule has 3 N–H and O–H groups in total. The molecule has 0 saturated carbocycles. The van der Waals surface area contributed by atoms with E-state index in [-0.39, 0.29) is 6.04 Å². The first-order chi connectivity index (χ1) is 8.63. The lowest BCUT2D eigenvalue weighted by atomic mass is 9.91. The molecule has 1 aromatic heterocycles. The lowest BCUT2D eigenvalue weighted by molar-refractivity contribution is 0.359. The number of halogens is 1. The Labute approximate surface area is 120 Å². The third kappa shape index (κ3) is 4.23. The molecule has 4 heteroatoms. The van der Waals surface area contributed by atoms with E-state index in [1.54, 1.807) is 11.3 Å². The number of hydrogen-bond donors (Lipinski definition) is 2. The Morgan fingerprint density at radius 1 is 1.44 bits per heavy atom. The van der Waals surface area contributed by atoms with E-state index < -0.39 is 0 Å². The van der Waals surface area contributed by atoms with Gasteiger partial charge in [0.05, 0.1) is 11.1 Å². The third-order valence-corrected chi connectivity index (χ3v) is 5.38. The smallest absolute Gasteiger partial charge is 0.0590 e. The van der Waals surface area contributed by atoms with Crippen LogP contribution >= 0.6 is 22.9 Å². The topological polar surface area (TPSA) is 38.0 Å². The van der Waals surface area contributed by atoms with Crippen LogP contribution in [0.25, 0.3) is 0 Å². The van der Waals surface area contributed by atoms with Crippen molar-refractivity contribution in [3.05, 3.63) is 20.8 Å². The SMILES string of the molecule is CCCCC(CC)CC(NN)c1scc(C)c1Cl. The fourth-order valence-corrected chi connectivity index (χ4v) is 3.65. The van der Waals surface area contributed by atoms with Crippen molar-refractivity contribution < 1.29 is 0 Å². The summed E-state index contributed by atoms with van der Waals surface area (Å²) in [6, 6.07) is 0.193. The Hall–Kier alpha value is -0.0900. The van der Waals surface area contributed by atoms with Gasteiger partial charge in [-0.25, -0.2) is 0 Å². The normalized spacial score (nSPS) is 14.7. The van der Waals surface area contributed by atoms with Gasteiger partial charge in [0.2, 0.25) is 0 Å². The molecule has 0 saturated heterocycles. The van der Waals surface area contributed by atoms with Crippen molar-refractivity contribution in [3.63, 3.8) is 0 Å². The molecule has 104 valence electrons. The van der Waals surface area contributed by atoms with E-state index in [9.17, 15) is 0 Å². The summed E-state index contributed by atoms with van der Waals surface area (Å²) < 4.78 is 0. The van der Waals surface area contributed by atoms with E-state index in [0.717, 1.165) is 22.9 Å². The summed E-state index contributed by atoms with van der Waals surface area (Å²) in [5, 5.41) is 2.99. The number of hydrogen-bond acceptors (Lipinski definition) is 3. The van der Waals surface area contributed by atoms with Gasteiger partial charge in [-0.15, -0.1) is 11.3 Å². The van der Waals surface area contributed by atoms with Gasteiger partial charge in [0.25, 0.3) is 0 Å². The molecular formula is C14H25ClN2S. The van der Waals surface area contributed by atoms with Crippen LogP contribution < -0.4 is 11.3 Å². The summed E-state index contributed by atoms with van der Waals surface area (Å²) >= 11 is 8.04. The quantitative estimate of drug-likeness (QED) is 0.531. The molecule has 0 spiro atoms. The van der Waals surface area contributed by atoms with E-state index in [2.05, 4.69) is 24.7 Å². The molecule has 0 aromatic carbocycles. The van der Waals surface area contributed by atoms with Crippen LogP contribution in [0.1, 0.15) is 62.4 Å². The second-order valence-corrected chi connectivity index (χ2v) is 6.26. The van der Waals surface area contributed by atoms with E-state index in [1.807, 2.05) is 6.92 Å². The van der Waals surface area contributed by atoms with Crippen LogP contribution in [0.4, 0.5) is 0 Å². The number of unbranched alkanes of at least 4 members (excludes halogenated alkanes) is 1. The van der Waals surface area contributed by atoms with Crippen LogP contribution in [-0.2, 0) is 0 Å². The van der Waals surface area contributed by atoms with Gasteiger partial charge in [-0.1, -0.05) is 51.1 Å². The highest BCUT2D eigenvalue weighted by atomic mass is 35.5. The zero-order chi connectivity index (χ0) is 13.5. The highest BCUT2D eigenvalue weighted by Gasteiger charge is 2.20. The predicted octanol–water partition coefficient (Wildman–Crippen LogP) is 4.82. The maximum Gasteiger partial charge on any atom is 0.0590 e. The van der Waals surface area contributed by atoms with Crippen LogP contribution in [0.2, 0.25) is 5.02 Å². The van der Waals surface area contributed by atoms with E-state index in [4.69, 9.17) is 17.4 Å². The largest absolute Gasteiger partial charge is 0.271 e. The minimum atomic E-state index is 0.193. The highest BCUT2D eigenvalue weighted by Crippen LogP contribution is 2.36. The Bertz CT molecular complexity index is 352. The Balaban J connectivity index is 2.68. The summed E-state index contributed by atoms with van der Waals surface area (Å²) in [5.74, 6) is 6.44. The summed E-state index contributed by atoms with van der Waals surface area (Å²) in [5.41, 5.74) is 4.09. The van der Waals surface area contributed by atoms with E-state index in [1.165, 1.54) is 30.6 Å². The second kappa shape index (κ2) is 8.16. The molecule has 2 nitrogen and oxygen atoms in total. The summed E-state index contributed by atoms with van der Waals surface area (Å²) in [6.45, 7) is 6.55. The summed E-state index contributed by atoms with van der Waals surface area (Å²) in [6.07, 6.45) is 6.13. The minimum Gasteiger partial charge on any atom is -0.271 e. The Morgan fingerprint density at radius 2 is 2.17 bits per heavy atom. The van der Waals surface area contributed by atoms with Crippen molar-refractivity contribution in [1.82, 2.24) is 5.43 Å². The molecule has 1 rings (SSSR count). The maximum absolute atomic E-state index is 6.33. The highest BCUT2D eigenvalue weighted by molar-refractivity contribution is 7.10. The molecule has 0 aliphatic carbocycles. The molecule has 1 heterocycles. The number of hydrazine groups is 1. The van der Waals surface area contributed by atoms with Crippen molar-refractivity contribution in [2.24, 2.45) is 11.8 Å². The van der Waals surface area contributed by atoms with Crippen molar-refractivity contribution in [2.75, 3.05) is 0 Å². The standard InChI is InChI=1S/C14H25ClN2S/c1-4-6-7-11(5-2)8-12(17-16)14-13(15)10(3)9-18-14/h9,11-12,17H,4-8,16H2,1-3H3. The molecular weight excluding hydrogens is 264 g/mol. The molecule has 0 fully saturated rings. The summed E-state index contributed by atoms with van der Waals surface area (Å²) in [7, 11) is 0. The first-order valence-corrected chi connectivity index (χ1v) is 8.09. The molecule has 0 bridgehead atoms. The number of rotatable bonds is 8. The van der Waals surface area contributed by atoms with Crippen molar-refractivity contribution in [1.29, 1.82) is 0 Å². The zero-order valence-corrected chi connectivity index (χ0v) is 13.2. The number of aryl methyl sites for hydroxylation is 1. The van der Waals surface area contributed by atoms with Crippen LogP contribution in [-0.4, -0.2) is 0 Å². The van der Waals surface area contributed by atoms with Gasteiger partial charge >= 0.3 is 0 Å². The average Bonchev–Trinajstić information content (AvgIpc) is 2.71. The van der Waals surface area contributed by atoms with E-state index >= 15 is 0 Å². The average molecular weight is 289 g/mol. The monoisotopic (exact) mass is 288 g/mol. The first kappa shape index (κ1) is 16.0. The fraction of sp³-hybridized carbons (Fsp3) is 0.714. The predicted molar refractivity (Wildman–Crippen MR) is 82.1 cm³/mol. The van der Waals surface area contributed by atoms with Crippen LogP contribution in [0.5, 0.6) is 0 Å². The Morgan fingerprint density at radius 3 is 2.61 bits per heavy atom. The van der Waals surface area contributed by atoms with Gasteiger partial charge in [0.1, 0.15) is 0 Å². The van der Waals surface area contributed by atoms with E-state index in [0.29, 0.717) is 0 Å². The molecule has 1 aromatic rings. The fourth-order valence-electron chi connectivity index (χ4n) is 2.25. The molecule has 0 radical (unpaired) electrons. The van der Waals surface area contributed by atoms with Crippen molar-refractivity contribution >= 4 is 22.9 Å². The maximum atomic E-state index is 6.33.